The van der Waals surface area contributed by atoms with Gasteiger partial charge in [-0.25, -0.2) is 4.39 Å². The molecule has 19 heavy (non-hydrogen) atoms. The third-order valence-electron chi connectivity index (χ3n) is 3.60. The zero-order valence-corrected chi connectivity index (χ0v) is 10.8. The normalized spacial score (nSPS) is 19.1. The highest BCUT2D eigenvalue weighted by Crippen LogP contribution is 2.57. The summed E-state index contributed by atoms with van der Waals surface area (Å²) in [5.74, 6) is -0.844. The fraction of sp³-hybridized carbons (Fsp3) is 0.462. The SMILES string of the molecule is O=C(O)CC1(c2c(F)c(Cl)cc3c2OCCO3)CC1. The Labute approximate surface area is 114 Å². The number of halogens is 2. The van der Waals surface area contributed by atoms with Gasteiger partial charge >= 0.3 is 5.97 Å². The van der Waals surface area contributed by atoms with Gasteiger partial charge in [0.15, 0.2) is 11.5 Å². The monoisotopic (exact) mass is 286 g/mol. The van der Waals surface area contributed by atoms with E-state index in [2.05, 4.69) is 0 Å². The van der Waals surface area contributed by atoms with Gasteiger partial charge < -0.3 is 14.6 Å². The number of aliphatic carboxylic acids is 1. The van der Waals surface area contributed by atoms with Crippen LogP contribution in [0.4, 0.5) is 4.39 Å². The van der Waals surface area contributed by atoms with Crippen LogP contribution in [-0.4, -0.2) is 24.3 Å². The number of carboxylic acid groups (broad SMARTS) is 1. The third-order valence-corrected chi connectivity index (χ3v) is 3.87. The van der Waals surface area contributed by atoms with Crippen molar-refractivity contribution in [2.24, 2.45) is 0 Å². The highest BCUT2D eigenvalue weighted by atomic mass is 35.5. The summed E-state index contributed by atoms with van der Waals surface area (Å²) in [7, 11) is 0. The molecule has 0 atom stereocenters. The quantitative estimate of drug-likeness (QED) is 0.928. The lowest BCUT2D eigenvalue weighted by Gasteiger charge is -2.25. The van der Waals surface area contributed by atoms with Crippen LogP contribution in [-0.2, 0) is 10.2 Å². The van der Waals surface area contributed by atoms with E-state index in [4.69, 9.17) is 26.2 Å². The minimum Gasteiger partial charge on any atom is -0.486 e. The van der Waals surface area contributed by atoms with Crippen LogP contribution < -0.4 is 9.47 Å². The highest BCUT2D eigenvalue weighted by Gasteiger charge is 2.51. The lowest BCUT2D eigenvalue weighted by molar-refractivity contribution is -0.137. The van der Waals surface area contributed by atoms with E-state index in [1.54, 1.807) is 0 Å². The molecule has 0 amide bonds. The number of rotatable bonds is 3. The molecular weight excluding hydrogens is 275 g/mol. The standard InChI is InChI=1S/C13H12ClFO4/c14-7-5-8-12(19-4-3-18-8)10(11(7)15)13(1-2-13)6-9(16)17/h5H,1-4,6H2,(H,16,17). The molecule has 1 heterocycles. The molecule has 4 nitrogen and oxygen atoms in total. The van der Waals surface area contributed by atoms with Crippen molar-refractivity contribution in [3.63, 3.8) is 0 Å². The van der Waals surface area contributed by atoms with Gasteiger partial charge in [-0.2, -0.15) is 0 Å². The van der Waals surface area contributed by atoms with Gasteiger partial charge in [0.05, 0.1) is 11.4 Å². The summed E-state index contributed by atoms with van der Waals surface area (Å²) in [5.41, 5.74) is -0.442. The van der Waals surface area contributed by atoms with E-state index < -0.39 is 17.2 Å². The van der Waals surface area contributed by atoms with Gasteiger partial charge in [0.2, 0.25) is 0 Å². The molecule has 3 rings (SSSR count). The van der Waals surface area contributed by atoms with Gasteiger partial charge in [-0.1, -0.05) is 11.6 Å². The summed E-state index contributed by atoms with van der Waals surface area (Å²) in [6, 6.07) is 1.38. The number of fused-ring (bicyclic) bond motifs is 1. The van der Waals surface area contributed by atoms with Crippen molar-refractivity contribution in [3.8, 4) is 11.5 Å². The fourth-order valence-electron chi connectivity index (χ4n) is 2.56. The molecule has 0 spiro atoms. The maximum Gasteiger partial charge on any atom is 0.304 e. The van der Waals surface area contributed by atoms with E-state index in [9.17, 15) is 9.18 Å². The molecule has 0 unspecified atom stereocenters. The Kier molecular flexibility index (Phi) is 2.82. The Hall–Kier alpha value is -1.49. The van der Waals surface area contributed by atoms with Crippen LogP contribution in [0.3, 0.4) is 0 Å². The van der Waals surface area contributed by atoms with Crippen LogP contribution >= 0.6 is 11.6 Å². The molecule has 0 bridgehead atoms. The summed E-state index contributed by atoms with van der Waals surface area (Å²) >= 11 is 5.86. The van der Waals surface area contributed by atoms with Crippen molar-refractivity contribution in [3.05, 3.63) is 22.5 Å². The maximum atomic E-state index is 14.3. The first kappa shape index (κ1) is 12.5. The molecule has 1 N–H and O–H groups in total. The minimum absolute atomic E-state index is 0.0593. The largest absolute Gasteiger partial charge is 0.486 e. The fourth-order valence-corrected chi connectivity index (χ4v) is 2.75. The summed E-state index contributed by atoms with van der Waals surface area (Å²) in [6.07, 6.45) is 1.11. The number of hydrogen-bond acceptors (Lipinski definition) is 3. The molecular formula is C13H12ClFO4. The summed E-state index contributed by atoms with van der Waals surface area (Å²) < 4.78 is 25.2. The molecule has 1 aromatic carbocycles. The van der Waals surface area contributed by atoms with E-state index in [0.29, 0.717) is 37.6 Å². The molecule has 0 aromatic heterocycles. The van der Waals surface area contributed by atoms with Crippen molar-refractivity contribution < 1.29 is 23.8 Å². The lowest BCUT2D eigenvalue weighted by atomic mass is 9.90. The average molecular weight is 287 g/mol. The molecule has 1 aliphatic carbocycles. The van der Waals surface area contributed by atoms with Crippen molar-refractivity contribution >= 4 is 17.6 Å². The second-order valence-corrected chi connectivity index (χ2v) is 5.33. The Bertz CT molecular complexity index is 554. The van der Waals surface area contributed by atoms with E-state index in [1.807, 2.05) is 0 Å². The van der Waals surface area contributed by atoms with E-state index in [-0.39, 0.29) is 17.0 Å². The first-order valence-electron chi connectivity index (χ1n) is 6.03. The summed E-state index contributed by atoms with van der Waals surface area (Å²) in [6.45, 7) is 0.699. The van der Waals surface area contributed by atoms with E-state index in [1.165, 1.54) is 6.07 Å². The van der Waals surface area contributed by atoms with Crippen LogP contribution in [0.25, 0.3) is 0 Å². The number of carbonyl (C=O) groups is 1. The van der Waals surface area contributed by atoms with Gasteiger partial charge in [-0.05, 0) is 12.8 Å². The highest BCUT2D eigenvalue weighted by molar-refractivity contribution is 6.31. The Balaban J connectivity index is 2.14. The molecule has 1 fully saturated rings. The van der Waals surface area contributed by atoms with Gasteiger partial charge in [-0.3, -0.25) is 4.79 Å². The van der Waals surface area contributed by atoms with Crippen LogP contribution in [0.5, 0.6) is 11.5 Å². The zero-order chi connectivity index (χ0) is 13.6. The molecule has 0 radical (unpaired) electrons. The van der Waals surface area contributed by atoms with Crippen LogP contribution in [0, 0.1) is 5.82 Å². The molecule has 1 saturated carbocycles. The van der Waals surface area contributed by atoms with Crippen molar-refractivity contribution in [2.45, 2.75) is 24.7 Å². The van der Waals surface area contributed by atoms with Gasteiger partial charge in [0.1, 0.15) is 19.0 Å². The van der Waals surface area contributed by atoms with E-state index in [0.717, 1.165) is 0 Å². The van der Waals surface area contributed by atoms with E-state index >= 15 is 0 Å². The average Bonchev–Trinajstić information content (AvgIpc) is 3.10. The Morgan fingerprint density at radius 1 is 1.42 bits per heavy atom. The first-order chi connectivity index (χ1) is 9.03. The summed E-state index contributed by atoms with van der Waals surface area (Å²) in [5, 5.41) is 8.93. The van der Waals surface area contributed by atoms with Gasteiger partial charge in [-0.15, -0.1) is 0 Å². The predicted molar refractivity (Wildman–Crippen MR) is 65.6 cm³/mol. The maximum absolute atomic E-state index is 14.3. The predicted octanol–water partition coefficient (Wildman–Crippen LogP) is 2.76. The molecule has 1 aliphatic heterocycles. The second-order valence-electron chi connectivity index (χ2n) is 4.92. The minimum atomic E-state index is -0.956. The Morgan fingerprint density at radius 2 is 2.11 bits per heavy atom. The number of hydrogen-bond donors (Lipinski definition) is 1. The third kappa shape index (κ3) is 2.02. The van der Waals surface area contributed by atoms with Crippen LogP contribution in [0.2, 0.25) is 5.02 Å². The van der Waals surface area contributed by atoms with Gasteiger partial charge in [0, 0.05) is 17.0 Å². The molecule has 0 saturated heterocycles. The van der Waals surface area contributed by atoms with Gasteiger partial charge in [0.25, 0.3) is 0 Å². The second kappa shape index (κ2) is 4.27. The topological polar surface area (TPSA) is 55.8 Å². The van der Waals surface area contributed by atoms with Crippen molar-refractivity contribution in [2.75, 3.05) is 13.2 Å². The molecule has 6 heteroatoms. The summed E-state index contributed by atoms with van der Waals surface area (Å²) in [4.78, 5) is 11.0. The lowest BCUT2D eigenvalue weighted by Crippen LogP contribution is -2.22. The number of carboxylic acids is 1. The molecule has 102 valence electrons. The van der Waals surface area contributed by atoms with Crippen molar-refractivity contribution in [1.29, 1.82) is 0 Å². The number of benzene rings is 1. The molecule has 1 aromatic rings. The molecule has 2 aliphatic rings. The Morgan fingerprint density at radius 3 is 2.74 bits per heavy atom. The smallest absolute Gasteiger partial charge is 0.304 e. The van der Waals surface area contributed by atoms with Crippen LogP contribution in [0.15, 0.2) is 6.07 Å². The van der Waals surface area contributed by atoms with Crippen molar-refractivity contribution in [1.82, 2.24) is 0 Å². The zero-order valence-electron chi connectivity index (χ0n) is 10.0. The van der Waals surface area contributed by atoms with Crippen LogP contribution in [0.1, 0.15) is 24.8 Å². The number of ether oxygens (including phenoxy) is 2. The first-order valence-corrected chi connectivity index (χ1v) is 6.41.